The first kappa shape index (κ1) is 26.8. The Morgan fingerprint density at radius 1 is 0.879 bits per heavy atom. The van der Waals surface area contributed by atoms with Crippen LogP contribution < -0.4 is 21.7 Å². The van der Waals surface area contributed by atoms with Crippen molar-refractivity contribution in [2.24, 2.45) is 11.7 Å². The van der Waals surface area contributed by atoms with E-state index in [4.69, 9.17) is 5.73 Å². The van der Waals surface area contributed by atoms with Crippen LogP contribution in [0.3, 0.4) is 0 Å². The van der Waals surface area contributed by atoms with E-state index in [1.807, 2.05) is 68.4 Å². The molecule has 0 heterocycles. The van der Waals surface area contributed by atoms with Crippen LogP contribution in [-0.4, -0.2) is 35.8 Å². The molecular formula is C25H33IN4O3. The lowest BCUT2D eigenvalue weighted by atomic mass is 10.0. The molecule has 0 bridgehead atoms. The van der Waals surface area contributed by atoms with Gasteiger partial charge in [0.25, 0.3) is 0 Å². The molecular weight excluding hydrogens is 531 g/mol. The fourth-order valence-electron chi connectivity index (χ4n) is 3.30. The quantitative estimate of drug-likeness (QED) is 0.314. The maximum absolute atomic E-state index is 13.0. The van der Waals surface area contributed by atoms with E-state index in [1.54, 1.807) is 6.92 Å². The van der Waals surface area contributed by atoms with Gasteiger partial charge in [0.05, 0.1) is 6.04 Å². The minimum atomic E-state index is -0.822. The van der Waals surface area contributed by atoms with Gasteiger partial charge in [-0.15, -0.1) is 0 Å². The van der Waals surface area contributed by atoms with E-state index in [9.17, 15) is 14.4 Å². The summed E-state index contributed by atoms with van der Waals surface area (Å²) in [6.07, 6.45) is 0.856. The highest BCUT2D eigenvalue weighted by atomic mass is 127. The summed E-state index contributed by atoms with van der Waals surface area (Å²) in [4.78, 5) is 38.1. The normalized spacial score (nSPS) is 13.6. The summed E-state index contributed by atoms with van der Waals surface area (Å²) in [6, 6.07) is 15.0. The van der Waals surface area contributed by atoms with E-state index < -0.39 is 24.0 Å². The highest BCUT2D eigenvalue weighted by Crippen LogP contribution is 2.11. The maximum atomic E-state index is 13.0. The lowest BCUT2D eigenvalue weighted by molar-refractivity contribution is -0.132. The molecule has 0 saturated carbocycles. The van der Waals surface area contributed by atoms with Crippen LogP contribution in [-0.2, 0) is 27.3 Å². The van der Waals surface area contributed by atoms with Gasteiger partial charge in [0.1, 0.15) is 12.1 Å². The molecule has 2 rings (SSSR count). The SMILES string of the molecule is CC(C)C[C@@H](N)C(=O)N[C@H](C)C(=O)N[C@H](Cc1ccccc1)C(=O)NCc1ccccc1I. The second-order valence-electron chi connectivity index (χ2n) is 8.53. The molecule has 0 aliphatic rings. The number of nitrogens with two attached hydrogens (primary N) is 1. The molecule has 0 radical (unpaired) electrons. The van der Waals surface area contributed by atoms with Gasteiger partial charge in [-0.25, -0.2) is 0 Å². The van der Waals surface area contributed by atoms with Crippen molar-refractivity contribution in [3.63, 3.8) is 0 Å². The minimum Gasteiger partial charge on any atom is -0.350 e. The topological polar surface area (TPSA) is 113 Å². The zero-order valence-electron chi connectivity index (χ0n) is 19.3. The Balaban J connectivity index is 2.04. The summed E-state index contributed by atoms with van der Waals surface area (Å²) in [6.45, 7) is 5.90. The van der Waals surface area contributed by atoms with Crippen LogP contribution in [0.15, 0.2) is 54.6 Å². The second kappa shape index (κ2) is 13.3. The number of hydrogen-bond donors (Lipinski definition) is 4. The van der Waals surface area contributed by atoms with E-state index in [-0.39, 0.29) is 17.7 Å². The van der Waals surface area contributed by atoms with E-state index in [1.165, 1.54) is 0 Å². The van der Waals surface area contributed by atoms with E-state index in [0.29, 0.717) is 19.4 Å². The third-order valence-corrected chi connectivity index (χ3v) is 6.19. The second-order valence-corrected chi connectivity index (χ2v) is 9.69. The Kier molecular flexibility index (Phi) is 10.8. The van der Waals surface area contributed by atoms with Crippen molar-refractivity contribution in [2.45, 2.75) is 58.3 Å². The number of nitrogens with one attached hydrogen (secondary N) is 3. The molecule has 2 aromatic rings. The van der Waals surface area contributed by atoms with Crippen LogP contribution in [0.4, 0.5) is 0 Å². The van der Waals surface area contributed by atoms with Gasteiger partial charge in [-0.1, -0.05) is 62.4 Å². The zero-order valence-corrected chi connectivity index (χ0v) is 21.5. The Morgan fingerprint density at radius 2 is 1.52 bits per heavy atom. The molecule has 3 atom stereocenters. The lowest BCUT2D eigenvalue weighted by Crippen LogP contribution is -2.55. The first-order valence-electron chi connectivity index (χ1n) is 11.1. The van der Waals surface area contributed by atoms with Crippen molar-refractivity contribution in [1.29, 1.82) is 0 Å². The average Bonchev–Trinajstić information content (AvgIpc) is 2.78. The number of carbonyl (C=O) groups is 3. The van der Waals surface area contributed by atoms with Gasteiger partial charge in [-0.3, -0.25) is 14.4 Å². The monoisotopic (exact) mass is 564 g/mol. The molecule has 0 aliphatic heterocycles. The molecule has 0 aliphatic carbocycles. The van der Waals surface area contributed by atoms with Gasteiger partial charge >= 0.3 is 0 Å². The molecule has 0 fully saturated rings. The number of hydrogen-bond acceptors (Lipinski definition) is 4. The third-order valence-electron chi connectivity index (χ3n) is 5.14. The van der Waals surface area contributed by atoms with Gasteiger partial charge in [0.15, 0.2) is 0 Å². The summed E-state index contributed by atoms with van der Waals surface area (Å²) < 4.78 is 1.05. The van der Waals surface area contributed by atoms with Crippen molar-refractivity contribution in [3.05, 3.63) is 69.3 Å². The molecule has 33 heavy (non-hydrogen) atoms. The molecule has 0 aromatic heterocycles. The van der Waals surface area contributed by atoms with Crippen LogP contribution in [0.2, 0.25) is 0 Å². The van der Waals surface area contributed by atoms with E-state index in [0.717, 1.165) is 14.7 Å². The van der Waals surface area contributed by atoms with Crippen LogP contribution >= 0.6 is 22.6 Å². The summed E-state index contributed by atoms with van der Waals surface area (Å²) in [5.41, 5.74) is 7.83. The van der Waals surface area contributed by atoms with Gasteiger partial charge in [0.2, 0.25) is 17.7 Å². The first-order chi connectivity index (χ1) is 15.7. The smallest absolute Gasteiger partial charge is 0.243 e. The van der Waals surface area contributed by atoms with Crippen molar-refractivity contribution in [1.82, 2.24) is 16.0 Å². The largest absolute Gasteiger partial charge is 0.350 e. The summed E-state index contributed by atoms with van der Waals surface area (Å²) in [5.74, 6) is -0.845. The van der Waals surface area contributed by atoms with Gasteiger partial charge < -0.3 is 21.7 Å². The maximum Gasteiger partial charge on any atom is 0.243 e. The summed E-state index contributed by atoms with van der Waals surface area (Å²) in [7, 11) is 0. The number of halogens is 1. The van der Waals surface area contributed by atoms with E-state index >= 15 is 0 Å². The molecule has 178 valence electrons. The van der Waals surface area contributed by atoms with E-state index in [2.05, 4.69) is 38.5 Å². The standard InChI is InChI=1S/C25H33IN4O3/c1-16(2)13-21(27)24(32)29-17(3)23(31)30-22(14-18-9-5-4-6-10-18)25(33)28-15-19-11-7-8-12-20(19)26/h4-12,16-17,21-22H,13-15,27H2,1-3H3,(H,28,33)(H,29,32)(H,30,31)/t17-,21-,22-/m1/s1. The molecule has 5 N–H and O–H groups in total. The fourth-order valence-corrected chi connectivity index (χ4v) is 3.88. The van der Waals surface area contributed by atoms with Crippen molar-refractivity contribution in [3.8, 4) is 0 Å². The zero-order chi connectivity index (χ0) is 24.4. The average molecular weight is 564 g/mol. The highest BCUT2D eigenvalue weighted by Gasteiger charge is 2.26. The Bertz CT molecular complexity index is 936. The van der Waals surface area contributed by atoms with Crippen molar-refractivity contribution >= 4 is 40.3 Å². The predicted molar refractivity (Wildman–Crippen MR) is 138 cm³/mol. The first-order valence-corrected chi connectivity index (χ1v) is 12.2. The summed E-state index contributed by atoms with van der Waals surface area (Å²) in [5, 5.41) is 8.36. The molecule has 0 unspecified atom stereocenters. The fraction of sp³-hybridized carbons (Fsp3) is 0.400. The molecule has 2 aromatic carbocycles. The molecule has 3 amide bonds. The van der Waals surface area contributed by atoms with Crippen LogP contribution in [0.1, 0.15) is 38.3 Å². The number of amides is 3. The Morgan fingerprint density at radius 3 is 2.15 bits per heavy atom. The minimum absolute atomic E-state index is 0.265. The Hall–Kier alpha value is -2.46. The van der Waals surface area contributed by atoms with Crippen molar-refractivity contribution < 1.29 is 14.4 Å². The third kappa shape index (κ3) is 9.13. The molecule has 7 nitrogen and oxygen atoms in total. The molecule has 8 heteroatoms. The van der Waals surface area contributed by atoms with Crippen LogP contribution in [0.25, 0.3) is 0 Å². The number of carbonyl (C=O) groups excluding carboxylic acids is 3. The van der Waals surface area contributed by atoms with Crippen LogP contribution in [0.5, 0.6) is 0 Å². The summed E-state index contributed by atoms with van der Waals surface area (Å²) >= 11 is 2.22. The Labute approximate surface area is 209 Å². The van der Waals surface area contributed by atoms with Gasteiger partial charge in [-0.2, -0.15) is 0 Å². The van der Waals surface area contributed by atoms with Gasteiger partial charge in [-0.05, 0) is 59.0 Å². The highest BCUT2D eigenvalue weighted by molar-refractivity contribution is 14.1. The number of benzene rings is 2. The van der Waals surface area contributed by atoms with Crippen LogP contribution in [0, 0.1) is 9.49 Å². The lowest BCUT2D eigenvalue weighted by Gasteiger charge is -2.23. The van der Waals surface area contributed by atoms with Crippen molar-refractivity contribution in [2.75, 3.05) is 0 Å². The predicted octanol–water partition coefficient (Wildman–Crippen LogP) is 2.51. The molecule has 0 spiro atoms. The number of rotatable bonds is 11. The van der Waals surface area contributed by atoms with Gasteiger partial charge in [0, 0.05) is 16.5 Å². The molecule has 0 saturated heterocycles.